The highest BCUT2D eigenvalue weighted by Crippen LogP contribution is 2.33. The lowest BCUT2D eigenvalue weighted by Gasteiger charge is -2.15. The number of carbonyl (C=O) groups excluding carboxylic acids is 2. The van der Waals surface area contributed by atoms with E-state index in [1.807, 2.05) is 26.0 Å². The molecule has 0 saturated heterocycles. The van der Waals surface area contributed by atoms with Gasteiger partial charge in [-0.2, -0.15) is 0 Å². The minimum Gasteiger partial charge on any atom is -0.269 e. The van der Waals surface area contributed by atoms with E-state index in [0.717, 1.165) is 16.0 Å². The van der Waals surface area contributed by atoms with Gasteiger partial charge >= 0.3 is 0 Å². The van der Waals surface area contributed by atoms with Crippen LogP contribution in [0, 0.1) is 13.8 Å². The molecule has 0 radical (unpaired) electrons. The second-order valence-electron chi connectivity index (χ2n) is 6.37. The second kappa shape index (κ2) is 6.92. The first kappa shape index (κ1) is 19.3. The molecule has 0 bridgehead atoms. The number of hydrogen-bond donors (Lipinski definition) is 1. The zero-order valence-corrected chi connectivity index (χ0v) is 16.3. The van der Waals surface area contributed by atoms with Gasteiger partial charge < -0.3 is 0 Å². The summed E-state index contributed by atoms with van der Waals surface area (Å²) in [5, 5.41) is 4.95. The van der Waals surface area contributed by atoms with Gasteiger partial charge in [-0.1, -0.05) is 41.9 Å². The van der Waals surface area contributed by atoms with Crippen LogP contribution in [0.5, 0.6) is 0 Å². The van der Waals surface area contributed by atoms with Gasteiger partial charge in [-0.15, -0.1) is 0 Å². The summed E-state index contributed by atoms with van der Waals surface area (Å²) in [7, 11) is -3.81. The summed E-state index contributed by atoms with van der Waals surface area (Å²) in [6.07, 6.45) is 0. The Morgan fingerprint density at radius 1 is 0.963 bits per heavy atom. The fourth-order valence-electron chi connectivity index (χ4n) is 2.80. The van der Waals surface area contributed by atoms with Crippen LogP contribution in [-0.4, -0.2) is 25.1 Å². The third-order valence-electron chi connectivity index (χ3n) is 4.50. The Bertz CT molecular complexity index is 1090. The van der Waals surface area contributed by atoms with Crippen LogP contribution in [-0.2, 0) is 26.2 Å². The first-order valence-corrected chi connectivity index (χ1v) is 9.97. The molecule has 2 aromatic carbocycles. The SMILES string of the molecule is Cc1ccc(C2=C(Cl)C(=O)N(Cc3ccc(S(N)(=O)=O)cc3)C2=O)cc1C. The molecule has 3 rings (SSSR count). The molecule has 140 valence electrons. The van der Waals surface area contributed by atoms with E-state index >= 15 is 0 Å². The van der Waals surface area contributed by atoms with Crippen molar-refractivity contribution in [3.05, 3.63) is 69.8 Å². The van der Waals surface area contributed by atoms with Gasteiger partial charge in [0.1, 0.15) is 5.03 Å². The molecule has 2 amide bonds. The van der Waals surface area contributed by atoms with Crippen LogP contribution in [0.3, 0.4) is 0 Å². The van der Waals surface area contributed by atoms with E-state index in [1.54, 1.807) is 6.07 Å². The van der Waals surface area contributed by atoms with Crippen molar-refractivity contribution in [3.63, 3.8) is 0 Å². The van der Waals surface area contributed by atoms with Crippen molar-refractivity contribution >= 4 is 39.0 Å². The number of benzene rings is 2. The minimum absolute atomic E-state index is 0.0207. The average molecular weight is 405 g/mol. The first-order chi connectivity index (χ1) is 12.6. The molecular formula is C19H17ClN2O4S. The number of carbonyl (C=O) groups is 2. The highest BCUT2D eigenvalue weighted by Gasteiger charge is 2.38. The Kier molecular flexibility index (Phi) is 4.94. The number of rotatable bonds is 4. The van der Waals surface area contributed by atoms with Crippen molar-refractivity contribution in [1.29, 1.82) is 0 Å². The summed E-state index contributed by atoms with van der Waals surface area (Å²) in [4.78, 5) is 26.3. The molecule has 1 aliphatic heterocycles. The summed E-state index contributed by atoms with van der Waals surface area (Å²) in [5.74, 6) is -1.06. The van der Waals surface area contributed by atoms with E-state index in [2.05, 4.69) is 0 Å². The maximum Gasteiger partial charge on any atom is 0.273 e. The molecule has 1 heterocycles. The maximum absolute atomic E-state index is 12.8. The monoisotopic (exact) mass is 404 g/mol. The zero-order valence-electron chi connectivity index (χ0n) is 14.7. The third kappa shape index (κ3) is 3.66. The largest absolute Gasteiger partial charge is 0.273 e. The predicted octanol–water partition coefficient (Wildman–Crippen LogP) is 2.47. The van der Waals surface area contributed by atoms with Crippen molar-refractivity contribution in [2.24, 2.45) is 5.14 Å². The van der Waals surface area contributed by atoms with Gasteiger partial charge in [0.15, 0.2) is 0 Å². The van der Waals surface area contributed by atoms with Crippen molar-refractivity contribution in [2.45, 2.75) is 25.3 Å². The normalized spacial score (nSPS) is 15.0. The Hall–Kier alpha value is -2.48. The fraction of sp³-hybridized carbons (Fsp3) is 0.158. The van der Waals surface area contributed by atoms with Crippen LogP contribution < -0.4 is 5.14 Å². The van der Waals surface area contributed by atoms with Gasteiger partial charge in [-0.25, -0.2) is 13.6 Å². The summed E-state index contributed by atoms with van der Waals surface area (Å²) < 4.78 is 22.6. The van der Waals surface area contributed by atoms with Gasteiger partial charge in [0.2, 0.25) is 10.0 Å². The number of primary sulfonamides is 1. The number of imide groups is 1. The Morgan fingerprint density at radius 3 is 2.15 bits per heavy atom. The second-order valence-corrected chi connectivity index (χ2v) is 8.31. The van der Waals surface area contributed by atoms with Crippen LogP contribution >= 0.6 is 11.6 Å². The predicted molar refractivity (Wildman–Crippen MR) is 102 cm³/mol. The quantitative estimate of drug-likeness (QED) is 0.791. The Balaban J connectivity index is 1.88. The van der Waals surface area contributed by atoms with Crippen molar-refractivity contribution in [2.75, 3.05) is 0 Å². The van der Waals surface area contributed by atoms with E-state index in [-0.39, 0.29) is 22.0 Å². The molecule has 8 heteroatoms. The summed E-state index contributed by atoms with van der Waals surface area (Å²) in [6.45, 7) is 3.85. The van der Waals surface area contributed by atoms with E-state index in [0.29, 0.717) is 11.1 Å². The van der Waals surface area contributed by atoms with E-state index in [1.165, 1.54) is 24.3 Å². The van der Waals surface area contributed by atoms with Gasteiger partial charge in [-0.05, 0) is 48.2 Å². The highest BCUT2D eigenvalue weighted by molar-refractivity contribution is 7.89. The van der Waals surface area contributed by atoms with Crippen LogP contribution in [0.2, 0.25) is 0 Å². The maximum atomic E-state index is 12.8. The van der Waals surface area contributed by atoms with Crippen molar-refractivity contribution in [1.82, 2.24) is 4.90 Å². The van der Waals surface area contributed by atoms with Gasteiger partial charge in [0.25, 0.3) is 11.8 Å². The van der Waals surface area contributed by atoms with Gasteiger partial charge in [0.05, 0.1) is 17.0 Å². The van der Waals surface area contributed by atoms with Crippen molar-refractivity contribution in [3.8, 4) is 0 Å². The van der Waals surface area contributed by atoms with Crippen LogP contribution in [0.4, 0.5) is 0 Å². The summed E-state index contributed by atoms with van der Waals surface area (Å²) in [6, 6.07) is 11.1. The molecule has 2 aromatic rings. The highest BCUT2D eigenvalue weighted by atomic mass is 35.5. The zero-order chi connectivity index (χ0) is 19.9. The van der Waals surface area contributed by atoms with E-state index in [4.69, 9.17) is 16.7 Å². The molecule has 0 atom stereocenters. The molecule has 0 spiro atoms. The molecule has 6 nitrogen and oxygen atoms in total. The molecule has 27 heavy (non-hydrogen) atoms. The molecule has 1 aliphatic rings. The summed E-state index contributed by atoms with van der Waals surface area (Å²) >= 11 is 6.17. The molecule has 2 N–H and O–H groups in total. The average Bonchev–Trinajstić information content (AvgIpc) is 2.81. The smallest absolute Gasteiger partial charge is 0.269 e. The number of aryl methyl sites for hydroxylation is 2. The fourth-order valence-corrected chi connectivity index (χ4v) is 3.61. The Labute approximate surface area is 162 Å². The van der Waals surface area contributed by atoms with E-state index < -0.39 is 21.8 Å². The number of amides is 2. The summed E-state index contributed by atoms with van der Waals surface area (Å²) in [5.41, 5.74) is 3.40. The molecule has 0 unspecified atom stereocenters. The Morgan fingerprint density at radius 2 is 1.59 bits per heavy atom. The van der Waals surface area contributed by atoms with Gasteiger partial charge in [0, 0.05) is 0 Å². The standard InChI is InChI=1S/C19H17ClN2O4S/c1-11-3-6-14(9-12(11)2)16-17(20)19(24)22(18(16)23)10-13-4-7-15(8-5-13)27(21,25)26/h3-9H,10H2,1-2H3,(H2,21,25,26). The topological polar surface area (TPSA) is 97.5 Å². The first-order valence-electron chi connectivity index (χ1n) is 8.05. The number of sulfonamides is 1. The molecule has 0 fully saturated rings. The molecular weight excluding hydrogens is 388 g/mol. The van der Waals surface area contributed by atoms with Crippen LogP contribution in [0.25, 0.3) is 5.57 Å². The number of halogens is 1. The number of nitrogens with two attached hydrogens (primary N) is 1. The molecule has 0 saturated carbocycles. The lowest BCUT2D eigenvalue weighted by Crippen LogP contribution is -2.30. The van der Waals surface area contributed by atoms with Gasteiger partial charge in [-0.3, -0.25) is 14.5 Å². The van der Waals surface area contributed by atoms with Crippen molar-refractivity contribution < 1.29 is 18.0 Å². The van der Waals surface area contributed by atoms with E-state index in [9.17, 15) is 18.0 Å². The lowest BCUT2D eigenvalue weighted by atomic mass is 10.0. The minimum atomic E-state index is -3.81. The van der Waals surface area contributed by atoms with Crippen LogP contribution in [0.1, 0.15) is 22.3 Å². The van der Waals surface area contributed by atoms with Crippen LogP contribution in [0.15, 0.2) is 52.4 Å². The molecule has 0 aromatic heterocycles. The third-order valence-corrected chi connectivity index (χ3v) is 5.78. The molecule has 0 aliphatic carbocycles. The number of hydrogen-bond acceptors (Lipinski definition) is 4. The lowest BCUT2D eigenvalue weighted by molar-refractivity contribution is -0.137. The number of nitrogens with zero attached hydrogens (tertiary/aromatic N) is 1.